The highest BCUT2D eigenvalue weighted by Crippen LogP contribution is 2.24. The Labute approximate surface area is 91.6 Å². The number of hydrogen-bond acceptors (Lipinski definition) is 3. The third-order valence-corrected chi connectivity index (χ3v) is 2.34. The maximum atomic E-state index is 5.43. The van der Waals surface area contributed by atoms with Crippen molar-refractivity contribution in [3.05, 3.63) is 28.8 Å². The van der Waals surface area contributed by atoms with E-state index < -0.39 is 0 Å². The predicted molar refractivity (Wildman–Crippen MR) is 63.2 cm³/mol. The van der Waals surface area contributed by atoms with Crippen molar-refractivity contribution in [2.45, 2.75) is 20.4 Å². The topological polar surface area (TPSA) is 47.3 Å². The van der Waals surface area contributed by atoms with Crippen LogP contribution >= 0.6 is 0 Å². The molecule has 1 rings (SSSR count). The second-order valence-corrected chi connectivity index (χ2v) is 3.74. The molecule has 1 aromatic carbocycles. The minimum absolute atomic E-state index is 0.660. The Bertz CT molecular complexity index is 324. The van der Waals surface area contributed by atoms with Gasteiger partial charge in [-0.1, -0.05) is 17.7 Å². The minimum atomic E-state index is 0.660. The summed E-state index contributed by atoms with van der Waals surface area (Å²) in [6.07, 6.45) is 0. The van der Waals surface area contributed by atoms with Crippen LogP contribution in [0.5, 0.6) is 5.75 Å². The van der Waals surface area contributed by atoms with E-state index in [1.54, 1.807) is 7.11 Å². The molecule has 0 radical (unpaired) electrons. The normalized spacial score (nSPS) is 10.4. The van der Waals surface area contributed by atoms with E-state index >= 15 is 0 Å². The smallest absolute Gasteiger partial charge is 0.126 e. The molecule has 15 heavy (non-hydrogen) atoms. The van der Waals surface area contributed by atoms with Crippen LogP contribution in [0.3, 0.4) is 0 Å². The van der Waals surface area contributed by atoms with Crippen molar-refractivity contribution >= 4 is 0 Å². The monoisotopic (exact) mass is 208 g/mol. The molecule has 0 aromatic heterocycles. The minimum Gasteiger partial charge on any atom is -0.496 e. The van der Waals surface area contributed by atoms with Gasteiger partial charge in [0.15, 0.2) is 0 Å². The highest BCUT2D eigenvalue weighted by atomic mass is 16.5. The van der Waals surface area contributed by atoms with Gasteiger partial charge in [-0.05, 0) is 19.4 Å². The zero-order valence-corrected chi connectivity index (χ0v) is 9.76. The molecule has 0 amide bonds. The Morgan fingerprint density at radius 2 is 2.07 bits per heavy atom. The lowest BCUT2D eigenvalue weighted by Crippen LogP contribution is -2.22. The fourth-order valence-corrected chi connectivity index (χ4v) is 1.79. The number of nitrogens with one attached hydrogen (secondary N) is 1. The summed E-state index contributed by atoms with van der Waals surface area (Å²) in [6.45, 7) is 6.46. The molecule has 0 fully saturated rings. The number of methoxy groups -OCH3 is 1. The molecule has 84 valence electrons. The summed E-state index contributed by atoms with van der Waals surface area (Å²) in [5.74, 6) is 0.977. The van der Waals surface area contributed by atoms with Crippen LogP contribution in [0, 0.1) is 13.8 Å². The van der Waals surface area contributed by atoms with Crippen LogP contribution < -0.4 is 15.8 Å². The predicted octanol–water partition coefficient (Wildman–Crippen LogP) is 1.36. The molecule has 0 bridgehead atoms. The number of nitrogens with two attached hydrogens (primary N) is 1. The van der Waals surface area contributed by atoms with Crippen molar-refractivity contribution in [1.29, 1.82) is 0 Å². The maximum Gasteiger partial charge on any atom is 0.126 e. The zero-order chi connectivity index (χ0) is 11.3. The van der Waals surface area contributed by atoms with Gasteiger partial charge in [0.1, 0.15) is 5.75 Å². The number of rotatable bonds is 5. The molecular formula is C12H20N2O. The molecule has 0 atom stereocenters. The zero-order valence-electron chi connectivity index (χ0n) is 9.76. The summed E-state index contributed by atoms with van der Waals surface area (Å²) in [5, 5.41) is 3.28. The van der Waals surface area contributed by atoms with Crippen LogP contribution in [-0.2, 0) is 6.54 Å². The van der Waals surface area contributed by atoms with Gasteiger partial charge in [-0.25, -0.2) is 0 Å². The number of benzene rings is 1. The van der Waals surface area contributed by atoms with Gasteiger partial charge in [0.05, 0.1) is 7.11 Å². The molecule has 0 unspecified atom stereocenters. The molecule has 0 aliphatic rings. The van der Waals surface area contributed by atoms with E-state index in [4.69, 9.17) is 10.5 Å². The van der Waals surface area contributed by atoms with Crippen LogP contribution in [0.15, 0.2) is 12.1 Å². The van der Waals surface area contributed by atoms with E-state index in [1.807, 2.05) is 0 Å². The van der Waals surface area contributed by atoms with Crippen molar-refractivity contribution in [3.63, 3.8) is 0 Å². The lowest BCUT2D eigenvalue weighted by atomic mass is 10.1. The van der Waals surface area contributed by atoms with Crippen LogP contribution in [0.2, 0.25) is 0 Å². The quantitative estimate of drug-likeness (QED) is 0.718. The third kappa shape index (κ3) is 3.22. The molecule has 0 saturated carbocycles. The first-order chi connectivity index (χ1) is 7.19. The number of ether oxygens (including phenoxy) is 1. The summed E-state index contributed by atoms with van der Waals surface area (Å²) >= 11 is 0. The van der Waals surface area contributed by atoms with Gasteiger partial charge >= 0.3 is 0 Å². The second kappa shape index (κ2) is 5.73. The second-order valence-electron chi connectivity index (χ2n) is 3.74. The standard InChI is InChI=1S/C12H20N2O/c1-9-6-10(2)12(15-3)11(7-9)8-14-5-4-13/h6-7,14H,4-5,8,13H2,1-3H3. The molecule has 3 N–H and O–H groups in total. The van der Waals surface area contributed by atoms with Gasteiger partial charge in [-0.15, -0.1) is 0 Å². The summed E-state index contributed by atoms with van der Waals surface area (Å²) in [5.41, 5.74) is 9.07. The molecule has 0 aliphatic heterocycles. The molecule has 0 aliphatic carbocycles. The Hall–Kier alpha value is -1.06. The van der Waals surface area contributed by atoms with E-state index in [0.717, 1.165) is 18.8 Å². The lowest BCUT2D eigenvalue weighted by molar-refractivity contribution is 0.404. The summed E-state index contributed by atoms with van der Waals surface area (Å²) < 4.78 is 5.39. The molecular weight excluding hydrogens is 188 g/mol. The van der Waals surface area contributed by atoms with Crippen molar-refractivity contribution in [3.8, 4) is 5.75 Å². The van der Waals surface area contributed by atoms with Gasteiger partial charge in [-0.2, -0.15) is 0 Å². The third-order valence-electron chi connectivity index (χ3n) is 2.34. The lowest BCUT2D eigenvalue weighted by Gasteiger charge is -2.13. The first kappa shape index (κ1) is 12.0. The van der Waals surface area contributed by atoms with Crippen LogP contribution in [0.25, 0.3) is 0 Å². The highest BCUT2D eigenvalue weighted by molar-refractivity contribution is 5.43. The van der Waals surface area contributed by atoms with E-state index in [0.29, 0.717) is 6.54 Å². The van der Waals surface area contributed by atoms with E-state index in [9.17, 15) is 0 Å². The van der Waals surface area contributed by atoms with E-state index in [-0.39, 0.29) is 0 Å². The summed E-state index contributed by atoms with van der Waals surface area (Å²) in [4.78, 5) is 0. The SMILES string of the molecule is COc1c(C)cc(C)cc1CNCCN. The van der Waals surface area contributed by atoms with Gasteiger partial charge in [0.2, 0.25) is 0 Å². The van der Waals surface area contributed by atoms with Crippen LogP contribution in [0.4, 0.5) is 0 Å². The van der Waals surface area contributed by atoms with Crippen molar-refractivity contribution in [2.24, 2.45) is 5.73 Å². The van der Waals surface area contributed by atoms with Gasteiger partial charge in [-0.3, -0.25) is 0 Å². The fraction of sp³-hybridized carbons (Fsp3) is 0.500. The molecule has 0 saturated heterocycles. The Morgan fingerprint density at radius 3 is 2.67 bits per heavy atom. The van der Waals surface area contributed by atoms with Crippen molar-refractivity contribution in [2.75, 3.05) is 20.2 Å². The van der Waals surface area contributed by atoms with Crippen molar-refractivity contribution in [1.82, 2.24) is 5.32 Å². The molecule has 1 aromatic rings. The number of hydrogen-bond donors (Lipinski definition) is 2. The van der Waals surface area contributed by atoms with Crippen LogP contribution in [0.1, 0.15) is 16.7 Å². The molecule has 3 heteroatoms. The summed E-state index contributed by atoms with van der Waals surface area (Å²) in [7, 11) is 1.71. The highest BCUT2D eigenvalue weighted by Gasteiger charge is 2.06. The molecule has 0 spiro atoms. The van der Waals surface area contributed by atoms with Crippen LogP contribution in [-0.4, -0.2) is 20.2 Å². The van der Waals surface area contributed by atoms with Crippen molar-refractivity contribution < 1.29 is 4.74 Å². The fourth-order valence-electron chi connectivity index (χ4n) is 1.79. The van der Waals surface area contributed by atoms with E-state index in [1.165, 1.54) is 16.7 Å². The Balaban J connectivity index is 2.84. The summed E-state index contributed by atoms with van der Waals surface area (Å²) in [6, 6.07) is 4.28. The largest absolute Gasteiger partial charge is 0.496 e. The molecule has 3 nitrogen and oxygen atoms in total. The Kier molecular flexibility index (Phi) is 4.59. The maximum absolute atomic E-state index is 5.43. The van der Waals surface area contributed by atoms with Gasteiger partial charge in [0.25, 0.3) is 0 Å². The first-order valence-corrected chi connectivity index (χ1v) is 5.24. The number of aryl methyl sites for hydroxylation is 2. The van der Waals surface area contributed by atoms with Gasteiger partial charge < -0.3 is 15.8 Å². The van der Waals surface area contributed by atoms with E-state index in [2.05, 4.69) is 31.3 Å². The first-order valence-electron chi connectivity index (χ1n) is 5.24. The molecule has 0 heterocycles. The average Bonchev–Trinajstić information content (AvgIpc) is 2.17. The average molecular weight is 208 g/mol. The Morgan fingerprint density at radius 1 is 1.33 bits per heavy atom. The van der Waals surface area contributed by atoms with Gasteiger partial charge in [0, 0.05) is 25.2 Å².